The topological polar surface area (TPSA) is 96.7 Å². The van der Waals surface area contributed by atoms with Gasteiger partial charge in [0.25, 0.3) is 0 Å². The molecule has 0 radical (unpaired) electrons. The molecule has 0 aliphatic carbocycles. The Bertz CT molecular complexity index is 978. The number of nitrogens with one attached hydrogen (secondary N) is 1. The molecule has 2 aliphatic heterocycles. The van der Waals surface area contributed by atoms with Gasteiger partial charge >= 0.3 is 0 Å². The number of hydrogen-bond donors (Lipinski definition) is 1. The Morgan fingerprint density at radius 3 is 2.64 bits per heavy atom. The maximum Gasteiger partial charge on any atom is 0.193 e. The minimum Gasteiger partial charge on any atom is -0.468 e. The molecule has 0 saturated carbocycles. The van der Waals surface area contributed by atoms with Crippen LogP contribution in [0.1, 0.15) is 24.6 Å². The van der Waals surface area contributed by atoms with Gasteiger partial charge in [-0.05, 0) is 49.5 Å². The Labute approximate surface area is 169 Å². The first kappa shape index (κ1) is 20.1. The molecule has 2 saturated heterocycles. The van der Waals surface area contributed by atoms with Gasteiger partial charge in [-0.25, -0.2) is 16.8 Å². The maximum atomic E-state index is 13.0. The zero-order valence-corrected chi connectivity index (χ0v) is 17.8. The summed E-state index contributed by atoms with van der Waals surface area (Å²) < 4.78 is 56.4. The molecule has 1 N–H and O–H groups in total. The first-order chi connectivity index (χ1) is 13.4. The van der Waals surface area contributed by atoms with E-state index >= 15 is 0 Å². The van der Waals surface area contributed by atoms with Gasteiger partial charge in [0, 0.05) is 12.6 Å². The van der Waals surface area contributed by atoms with Crippen molar-refractivity contribution in [2.45, 2.75) is 34.4 Å². The molecule has 2 fully saturated rings. The molecule has 4 heterocycles. The number of thiophene rings is 1. The fraction of sp³-hybridized carbons (Fsp3) is 0.556. The first-order valence-corrected chi connectivity index (χ1v) is 13.6. The Morgan fingerprint density at radius 1 is 1.21 bits per heavy atom. The molecule has 1 unspecified atom stereocenters. The third kappa shape index (κ3) is 4.06. The van der Waals surface area contributed by atoms with Crippen LogP contribution in [0.3, 0.4) is 0 Å². The van der Waals surface area contributed by atoms with Gasteiger partial charge in [0.2, 0.25) is 0 Å². The van der Waals surface area contributed by atoms with Gasteiger partial charge < -0.3 is 9.73 Å². The Balaban J connectivity index is 1.54. The standard InChI is InChI=1S/C18H24N2O5S3/c21-27(22)12-14(17(13-27)28(23,24)18-6-4-10-26-18)19-11-15(16-5-3-9-25-16)20-7-1-2-8-20/h3-6,9-10,14-15,17,19H,1-2,7-8,11-13H2/t14-,15?,17-/m0/s1. The molecule has 28 heavy (non-hydrogen) atoms. The predicted octanol–water partition coefficient (Wildman–Crippen LogP) is 1.71. The normalized spacial score (nSPS) is 26.6. The molecule has 2 aromatic rings. The van der Waals surface area contributed by atoms with Gasteiger partial charge in [-0.2, -0.15) is 0 Å². The second-order valence-corrected chi connectivity index (χ2v) is 12.9. The van der Waals surface area contributed by atoms with Crippen LogP contribution >= 0.6 is 11.3 Å². The highest BCUT2D eigenvalue weighted by Gasteiger charge is 2.46. The van der Waals surface area contributed by atoms with Gasteiger partial charge in [-0.15, -0.1) is 11.3 Å². The van der Waals surface area contributed by atoms with E-state index in [4.69, 9.17) is 4.42 Å². The summed E-state index contributed by atoms with van der Waals surface area (Å²) in [6.07, 6.45) is 3.86. The zero-order chi connectivity index (χ0) is 19.8. The van der Waals surface area contributed by atoms with E-state index in [0.717, 1.165) is 43.0 Å². The highest BCUT2D eigenvalue weighted by molar-refractivity contribution is 7.97. The maximum absolute atomic E-state index is 13.0. The number of furan rings is 1. The second kappa shape index (κ2) is 7.91. The Kier molecular flexibility index (Phi) is 5.67. The lowest BCUT2D eigenvalue weighted by Gasteiger charge is -2.28. The third-order valence-corrected chi connectivity index (χ3v) is 11.1. The highest BCUT2D eigenvalue weighted by atomic mass is 32.2. The third-order valence-electron chi connectivity index (χ3n) is 5.50. The number of nitrogens with zero attached hydrogens (tertiary/aromatic N) is 1. The Hall–Kier alpha value is -1.20. The molecule has 0 bridgehead atoms. The molecule has 154 valence electrons. The number of likely N-dealkylation sites (tertiary alicyclic amines) is 1. The van der Waals surface area contributed by atoms with Crippen LogP contribution < -0.4 is 5.32 Å². The zero-order valence-electron chi connectivity index (χ0n) is 15.4. The molecule has 10 heteroatoms. The molecule has 2 aliphatic rings. The fourth-order valence-electron chi connectivity index (χ4n) is 4.09. The first-order valence-electron chi connectivity index (χ1n) is 9.35. The van der Waals surface area contributed by atoms with Crippen molar-refractivity contribution in [3.8, 4) is 0 Å². The predicted molar refractivity (Wildman–Crippen MR) is 108 cm³/mol. The largest absolute Gasteiger partial charge is 0.468 e. The van der Waals surface area contributed by atoms with Gasteiger partial charge in [0.15, 0.2) is 19.7 Å². The van der Waals surface area contributed by atoms with E-state index in [1.807, 2.05) is 12.1 Å². The average Bonchev–Trinajstić information content (AvgIpc) is 3.43. The quantitative estimate of drug-likeness (QED) is 0.694. The summed E-state index contributed by atoms with van der Waals surface area (Å²) in [5.74, 6) is 0.320. The number of rotatable bonds is 7. The molecule has 4 rings (SSSR count). The van der Waals surface area contributed by atoms with Crippen LogP contribution in [0.4, 0.5) is 0 Å². The lowest BCUT2D eigenvalue weighted by Crippen LogP contribution is -2.46. The summed E-state index contributed by atoms with van der Waals surface area (Å²) in [7, 11) is -7.11. The average molecular weight is 445 g/mol. The summed E-state index contributed by atoms with van der Waals surface area (Å²) in [5, 5.41) is 3.99. The van der Waals surface area contributed by atoms with E-state index in [2.05, 4.69) is 10.2 Å². The molecular formula is C18H24N2O5S3. The van der Waals surface area contributed by atoms with E-state index in [1.165, 1.54) is 6.07 Å². The Morgan fingerprint density at radius 2 is 2.00 bits per heavy atom. The smallest absolute Gasteiger partial charge is 0.193 e. The van der Waals surface area contributed by atoms with Crippen molar-refractivity contribution in [1.82, 2.24) is 10.2 Å². The highest BCUT2D eigenvalue weighted by Crippen LogP contribution is 2.30. The SMILES string of the molecule is O=S1(=O)C[C@H](NCC(c2ccco2)N2CCCC2)[C@@H](S(=O)(=O)c2cccs2)C1. The summed E-state index contributed by atoms with van der Waals surface area (Å²) in [6, 6.07) is 6.29. The van der Waals surface area contributed by atoms with E-state index < -0.39 is 31.0 Å². The van der Waals surface area contributed by atoms with E-state index in [9.17, 15) is 16.8 Å². The van der Waals surface area contributed by atoms with Gasteiger partial charge in [-0.3, -0.25) is 4.90 Å². The van der Waals surface area contributed by atoms with Crippen molar-refractivity contribution in [3.05, 3.63) is 41.7 Å². The van der Waals surface area contributed by atoms with E-state index in [1.54, 1.807) is 17.7 Å². The van der Waals surface area contributed by atoms with Crippen molar-refractivity contribution < 1.29 is 21.3 Å². The molecule has 0 amide bonds. The lowest BCUT2D eigenvalue weighted by atomic mass is 10.1. The monoisotopic (exact) mass is 444 g/mol. The summed E-state index contributed by atoms with van der Waals surface area (Å²) in [6.45, 7) is 2.35. The molecule has 3 atom stereocenters. The van der Waals surface area contributed by atoms with Crippen molar-refractivity contribution in [2.75, 3.05) is 31.1 Å². The van der Waals surface area contributed by atoms with Gasteiger partial charge in [0.1, 0.15) is 9.97 Å². The number of sulfone groups is 2. The fourth-order valence-corrected chi connectivity index (χ4v) is 10.0. The van der Waals surface area contributed by atoms with Crippen molar-refractivity contribution in [2.24, 2.45) is 0 Å². The van der Waals surface area contributed by atoms with Crippen LogP contribution in [0.25, 0.3) is 0 Å². The lowest BCUT2D eigenvalue weighted by molar-refractivity contribution is 0.206. The summed E-state index contributed by atoms with van der Waals surface area (Å²) in [4.78, 5) is 2.30. The van der Waals surface area contributed by atoms with Crippen LogP contribution in [0.2, 0.25) is 0 Å². The van der Waals surface area contributed by atoms with Crippen molar-refractivity contribution in [3.63, 3.8) is 0 Å². The molecule has 0 spiro atoms. The molecule has 7 nitrogen and oxygen atoms in total. The summed E-state index contributed by atoms with van der Waals surface area (Å²) >= 11 is 1.13. The minimum absolute atomic E-state index is 0.0362. The number of hydrogen-bond acceptors (Lipinski definition) is 8. The second-order valence-electron chi connectivity index (χ2n) is 7.38. The van der Waals surface area contributed by atoms with Crippen LogP contribution in [0.15, 0.2) is 44.5 Å². The van der Waals surface area contributed by atoms with Crippen molar-refractivity contribution in [1.29, 1.82) is 0 Å². The van der Waals surface area contributed by atoms with Gasteiger partial charge in [-0.1, -0.05) is 6.07 Å². The molecule has 2 aromatic heterocycles. The van der Waals surface area contributed by atoms with Crippen molar-refractivity contribution >= 4 is 31.0 Å². The van der Waals surface area contributed by atoms with Crippen LogP contribution in [-0.2, 0) is 19.7 Å². The van der Waals surface area contributed by atoms with Crippen LogP contribution in [-0.4, -0.2) is 64.2 Å². The van der Waals surface area contributed by atoms with Crippen LogP contribution in [0.5, 0.6) is 0 Å². The van der Waals surface area contributed by atoms with Crippen LogP contribution in [0, 0.1) is 0 Å². The molecule has 0 aromatic carbocycles. The van der Waals surface area contributed by atoms with E-state index in [0.29, 0.717) is 6.54 Å². The van der Waals surface area contributed by atoms with Gasteiger partial charge in [0.05, 0.1) is 29.1 Å². The minimum atomic E-state index is -3.70. The van der Waals surface area contributed by atoms with E-state index in [-0.39, 0.29) is 21.8 Å². The molecular weight excluding hydrogens is 420 g/mol. The summed E-state index contributed by atoms with van der Waals surface area (Å²) in [5.41, 5.74) is 0.